The Morgan fingerprint density at radius 2 is 2.26 bits per heavy atom. The molecular formula is C13H20FN3OS. The molecule has 0 saturated heterocycles. The molecule has 0 atom stereocenters. The first-order valence-corrected chi connectivity index (χ1v) is 7.35. The van der Waals surface area contributed by atoms with Gasteiger partial charge in [0.15, 0.2) is 5.96 Å². The summed E-state index contributed by atoms with van der Waals surface area (Å²) in [6.07, 6.45) is 1.98. The number of nitrogens with two attached hydrogens (primary N) is 1. The molecule has 0 spiro atoms. The van der Waals surface area contributed by atoms with Crippen LogP contribution in [-0.2, 0) is 17.0 Å². The van der Waals surface area contributed by atoms with E-state index in [-0.39, 0.29) is 5.82 Å². The summed E-state index contributed by atoms with van der Waals surface area (Å²) in [5, 5.41) is 2.94. The zero-order valence-corrected chi connectivity index (χ0v) is 12.1. The molecule has 0 aliphatic rings. The number of nitrogens with zero attached hydrogens (tertiary/aromatic N) is 1. The van der Waals surface area contributed by atoms with Crippen molar-refractivity contribution >= 4 is 17.7 Å². The number of hydrogen-bond donors (Lipinski definition) is 2. The van der Waals surface area contributed by atoms with Crippen molar-refractivity contribution in [2.75, 3.05) is 26.5 Å². The van der Waals surface area contributed by atoms with Gasteiger partial charge in [0.2, 0.25) is 0 Å². The number of rotatable bonds is 7. The maximum atomic E-state index is 13.2. The standard InChI is InChI=1S/C13H20FN3OS/c1-18-6-5-16-13(15)17-8-10-3-4-12(14)7-11(10)9-19-2/h3-4,7H,5-6,8-9H2,1-2H3,(H3,15,16,17). The second-order valence-corrected chi connectivity index (χ2v) is 4.83. The van der Waals surface area contributed by atoms with Gasteiger partial charge in [-0.2, -0.15) is 11.8 Å². The van der Waals surface area contributed by atoms with Crippen LogP contribution in [0.2, 0.25) is 0 Å². The molecule has 0 saturated carbocycles. The number of hydrogen-bond acceptors (Lipinski definition) is 3. The highest BCUT2D eigenvalue weighted by Crippen LogP contribution is 2.17. The predicted octanol–water partition coefficient (Wildman–Crippen LogP) is 1.74. The Bertz CT molecular complexity index is 426. The number of benzene rings is 1. The molecule has 0 heterocycles. The average Bonchev–Trinajstić information content (AvgIpc) is 2.38. The van der Waals surface area contributed by atoms with Crippen LogP contribution in [0.3, 0.4) is 0 Å². The number of halogens is 1. The molecule has 3 N–H and O–H groups in total. The van der Waals surface area contributed by atoms with Crippen molar-refractivity contribution in [3.8, 4) is 0 Å². The fraction of sp³-hybridized carbons (Fsp3) is 0.462. The Balaban J connectivity index is 2.63. The number of guanidine groups is 1. The summed E-state index contributed by atoms with van der Waals surface area (Å²) in [6, 6.07) is 4.76. The molecule has 0 amide bonds. The zero-order chi connectivity index (χ0) is 14.1. The molecule has 0 fully saturated rings. The van der Waals surface area contributed by atoms with Gasteiger partial charge in [0, 0.05) is 19.4 Å². The smallest absolute Gasteiger partial charge is 0.188 e. The summed E-state index contributed by atoms with van der Waals surface area (Å²) in [5.74, 6) is 0.916. The molecular weight excluding hydrogens is 265 g/mol. The third-order valence-corrected chi connectivity index (χ3v) is 3.10. The van der Waals surface area contributed by atoms with Crippen molar-refractivity contribution in [2.24, 2.45) is 10.7 Å². The van der Waals surface area contributed by atoms with E-state index < -0.39 is 0 Å². The Morgan fingerprint density at radius 1 is 1.47 bits per heavy atom. The SMILES string of the molecule is COCCNC(N)=NCc1ccc(F)cc1CSC. The fourth-order valence-corrected chi connectivity index (χ4v) is 2.13. The van der Waals surface area contributed by atoms with E-state index in [2.05, 4.69) is 10.3 Å². The van der Waals surface area contributed by atoms with E-state index in [1.54, 1.807) is 31.0 Å². The van der Waals surface area contributed by atoms with Crippen LogP contribution in [0, 0.1) is 5.82 Å². The number of thioether (sulfide) groups is 1. The number of methoxy groups -OCH3 is 1. The lowest BCUT2D eigenvalue weighted by molar-refractivity contribution is 0.204. The van der Waals surface area contributed by atoms with Crippen LogP contribution in [-0.4, -0.2) is 32.5 Å². The van der Waals surface area contributed by atoms with Gasteiger partial charge in [-0.05, 0) is 29.5 Å². The molecule has 1 aromatic carbocycles. The van der Waals surface area contributed by atoms with Crippen molar-refractivity contribution in [3.05, 3.63) is 35.1 Å². The van der Waals surface area contributed by atoms with Gasteiger partial charge in [0.1, 0.15) is 5.82 Å². The molecule has 1 aromatic rings. The zero-order valence-electron chi connectivity index (χ0n) is 11.3. The maximum absolute atomic E-state index is 13.2. The highest BCUT2D eigenvalue weighted by Gasteiger charge is 2.03. The van der Waals surface area contributed by atoms with Gasteiger partial charge in [-0.1, -0.05) is 6.07 Å². The van der Waals surface area contributed by atoms with E-state index in [9.17, 15) is 4.39 Å². The summed E-state index contributed by atoms with van der Waals surface area (Å²) in [5.41, 5.74) is 7.67. The lowest BCUT2D eigenvalue weighted by atomic mass is 10.1. The summed E-state index contributed by atoms with van der Waals surface area (Å²) in [7, 11) is 1.63. The summed E-state index contributed by atoms with van der Waals surface area (Å²) >= 11 is 1.65. The Kier molecular flexibility index (Phi) is 7.28. The average molecular weight is 285 g/mol. The van der Waals surface area contributed by atoms with Crippen LogP contribution in [0.4, 0.5) is 4.39 Å². The second-order valence-electron chi connectivity index (χ2n) is 3.97. The quantitative estimate of drug-likeness (QED) is 0.455. The van der Waals surface area contributed by atoms with Gasteiger partial charge in [-0.15, -0.1) is 0 Å². The van der Waals surface area contributed by atoms with E-state index in [0.717, 1.165) is 16.9 Å². The van der Waals surface area contributed by atoms with E-state index in [1.807, 2.05) is 6.26 Å². The number of nitrogens with one attached hydrogen (secondary N) is 1. The highest BCUT2D eigenvalue weighted by molar-refractivity contribution is 7.97. The second kappa shape index (κ2) is 8.77. The number of aliphatic imine (C=N–C) groups is 1. The van der Waals surface area contributed by atoms with Gasteiger partial charge < -0.3 is 15.8 Å². The third-order valence-electron chi connectivity index (χ3n) is 2.50. The lowest BCUT2D eigenvalue weighted by Gasteiger charge is -2.08. The third kappa shape index (κ3) is 5.94. The molecule has 0 unspecified atom stereocenters. The van der Waals surface area contributed by atoms with Gasteiger partial charge >= 0.3 is 0 Å². The van der Waals surface area contributed by atoms with Crippen LogP contribution in [0.25, 0.3) is 0 Å². The maximum Gasteiger partial charge on any atom is 0.188 e. The Hall–Kier alpha value is -1.27. The molecule has 19 heavy (non-hydrogen) atoms. The van der Waals surface area contributed by atoms with Crippen LogP contribution in [0.5, 0.6) is 0 Å². The van der Waals surface area contributed by atoms with Crippen LogP contribution >= 0.6 is 11.8 Å². The minimum atomic E-state index is -0.219. The van der Waals surface area contributed by atoms with Crippen molar-refractivity contribution in [2.45, 2.75) is 12.3 Å². The normalized spacial score (nSPS) is 11.6. The van der Waals surface area contributed by atoms with E-state index in [1.165, 1.54) is 6.07 Å². The van der Waals surface area contributed by atoms with Crippen molar-refractivity contribution < 1.29 is 9.13 Å². The minimum Gasteiger partial charge on any atom is -0.383 e. The fourth-order valence-electron chi connectivity index (χ4n) is 1.55. The minimum absolute atomic E-state index is 0.219. The van der Waals surface area contributed by atoms with E-state index >= 15 is 0 Å². The first kappa shape index (κ1) is 15.8. The van der Waals surface area contributed by atoms with Gasteiger partial charge in [-0.3, -0.25) is 0 Å². The Morgan fingerprint density at radius 3 is 2.95 bits per heavy atom. The Labute approximate surface area is 117 Å². The summed E-state index contributed by atoms with van der Waals surface area (Å²) < 4.78 is 18.1. The molecule has 6 heteroatoms. The van der Waals surface area contributed by atoms with Crippen LogP contribution in [0.15, 0.2) is 23.2 Å². The molecule has 4 nitrogen and oxygen atoms in total. The first-order valence-electron chi connectivity index (χ1n) is 5.96. The highest BCUT2D eigenvalue weighted by atomic mass is 32.2. The monoisotopic (exact) mass is 285 g/mol. The molecule has 1 rings (SSSR count). The summed E-state index contributed by atoms with van der Waals surface area (Å²) in [6.45, 7) is 1.64. The molecule has 0 aliphatic heterocycles. The van der Waals surface area contributed by atoms with Crippen LogP contribution < -0.4 is 11.1 Å². The van der Waals surface area contributed by atoms with E-state index in [4.69, 9.17) is 10.5 Å². The van der Waals surface area contributed by atoms with Gasteiger partial charge in [0.25, 0.3) is 0 Å². The van der Waals surface area contributed by atoms with Crippen molar-refractivity contribution in [1.29, 1.82) is 0 Å². The van der Waals surface area contributed by atoms with Crippen molar-refractivity contribution in [3.63, 3.8) is 0 Å². The van der Waals surface area contributed by atoms with Gasteiger partial charge in [0.05, 0.1) is 13.2 Å². The number of ether oxygens (including phenoxy) is 1. The molecule has 0 radical (unpaired) electrons. The largest absolute Gasteiger partial charge is 0.383 e. The van der Waals surface area contributed by atoms with Crippen LogP contribution in [0.1, 0.15) is 11.1 Å². The lowest BCUT2D eigenvalue weighted by Crippen LogP contribution is -2.34. The topological polar surface area (TPSA) is 59.6 Å². The van der Waals surface area contributed by atoms with Crippen molar-refractivity contribution in [1.82, 2.24) is 5.32 Å². The first-order chi connectivity index (χ1) is 9.17. The molecule has 0 aromatic heterocycles. The molecule has 0 aliphatic carbocycles. The van der Waals surface area contributed by atoms with Gasteiger partial charge in [-0.25, -0.2) is 9.38 Å². The molecule has 0 bridgehead atoms. The predicted molar refractivity (Wildman–Crippen MR) is 78.8 cm³/mol. The summed E-state index contributed by atoms with van der Waals surface area (Å²) in [4.78, 5) is 4.23. The molecule has 106 valence electrons. The van der Waals surface area contributed by atoms with E-state index in [0.29, 0.717) is 25.7 Å².